The fourth-order valence-corrected chi connectivity index (χ4v) is 7.62. The highest BCUT2D eigenvalue weighted by Crippen LogP contribution is 2.52. The maximum absolute atomic E-state index is 7.07. The Morgan fingerprint density at radius 1 is 0.708 bits per heavy atom. The molecule has 4 aliphatic rings. The van der Waals surface area contributed by atoms with Crippen molar-refractivity contribution in [2.75, 3.05) is 62.7 Å². The molecule has 0 N–H and O–H groups in total. The molecule has 0 radical (unpaired) electrons. The van der Waals surface area contributed by atoms with E-state index in [0.29, 0.717) is 40.2 Å². The van der Waals surface area contributed by atoms with Gasteiger partial charge in [-0.3, -0.25) is 4.90 Å². The van der Waals surface area contributed by atoms with Crippen LogP contribution in [0.1, 0.15) is 45.5 Å². The summed E-state index contributed by atoms with van der Waals surface area (Å²) in [6.45, 7) is 1.93. The van der Waals surface area contributed by atoms with E-state index < -0.39 is 0 Å². The van der Waals surface area contributed by atoms with Crippen LogP contribution in [0.3, 0.4) is 0 Å². The molecule has 6 bridgehead atoms. The van der Waals surface area contributed by atoms with Gasteiger partial charge in [0.1, 0.15) is 11.8 Å². The molecule has 8 nitrogen and oxygen atoms in total. The van der Waals surface area contributed by atoms with Crippen LogP contribution in [0, 0.1) is 0 Å². The second-order valence-corrected chi connectivity index (χ2v) is 13.5. The van der Waals surface area contributed by atoms with Gasteiger partial charge in [-0.25, -0.2) is 0 Å². The Kier molecular flexibility index (Phi) is 9.44. The van der Waals surface area contributed by atoms with E-state index in [4.69, 9.17) is 28.4 Å². The van der Waals surface area contributed by atoms with Gasteiger partial charge in [-0.05, 0) is 84.6 Å². The number of methoxy groups -OCH3 is 4. The largest absolute Gasteiger partial charge is 1.00 e. The number of halogens is 1. The lowest BCUT2D eigenvalue weighted by Gasteiger charge is -2.43. The fourth-order valence-electron chi connectivity index (χ4n) is 7.62. The van der Waals surface area contributed by atoms with Crippen molar-refractivity contribution in [2.24, 2.45) is 0 Å². The van der Waals surface area contributed by atoms with E-state index in [0.717, 1.165) is 60.1 Å². The Hall–Kier alpha value is -4.11. The summed E-state index contributed by atoms with van der Waals surface area (Å²) >= 11 is 0. The molecule has 0 amide bonds. The Morgan fingerprint density at radius 2 is 1.40 bits per heavy atom. The van der Waals surface area contributed by atoms with E-state index in [-0.39, 0.29) is 24.5 Å². The van der Waals surface area contributed by atoms with E-state index in [9.17, 15) is 0 Å². The number of hydrogen-bond acceptors (Lipinski definition) is 7. The summed E-state index contributed by atoms with van der Waals surface area (Å²) in [5.41, 5.74) is 7.23. The Labute approximate surface area is 290 Å². The smallest absolute Gasteiger partial charge is 0.204 e. The lowest BCUT2D eigenvalue weighted by atomic mass is 9.86. The highest BCUT2D eigenvalue weighted by Gasteiger charge is 2.38. The summed E-state index contributed by atoms with van der Waals surface area (Å²) in [6, 6.07) is 21.4. The topological polar surface area (TPSA) is 58.6 Å². The molecule has 254 valence electrons. The van der Waals surface area contributed by atoms with E-state index in [1.807, 2.05) is 6.07 Å². The second kappa shape index (κ2) is 13.4. The van der Waals surface area contributed by atoms with Gasteiger partial charge in [0.15, 0.2) is 34.5 Å². The monoisotopic (exact) mass is 672 g/mol. The first-order valence-electron chi connectivity index (χ1n) is 16.4. The normalized spacial score (nSPS) is 19.3. The quantitative estimate of drug-likeness (QED) is 0.300. The summed E-state index contributed by atoms with van der Waals surface area (Å²) in [5.74, 6) is 5.45. The number of nitrogens with zero attached hydrogens (tertiary/aromatic N) is 2. The Bertz CT molecular complexity index is 1810. The molecule has 0 aromatic heterocycles. The lowest BCUT2D eigenvalue weighted by Crippen LogP contribution is -3.00. The molecule has 9 heteroatoms. The summed E-state index contributed by atoms with van der Waals surface area (Å²) in [6.07, 6.45) is 3.42. The van der Waals surface area contributed by atoms with Gasteiger partial charge >= 0.3 is 0 Å². The van der Waals surface area contributed by atoms with Crippen LogP contribution in [0.2, 0.25) is 0 Å². The van der Waals surface area contributed by atoms with Crippen LogP contribution in [0.5, 0.6) is 46.0 Å². The zero-order chi connectivity index (χ0) is 32.9. The molecule has 0 saturated carbocycles. The van der Waals surface area contributed by atoms with Crippen LogP contribution in [0.4, 0.5) is 0 Å². The lowest BCUT2D eigenvalue weighted by molar-refractivity contribution is -0.923. The van der Waals surface area contributed by atoms with Crippen LogP contribution >= 0.6 is 0 Å². The number of fused-ring (bicyclic) bond motifs is 2. The molecule has 0 aliphatic carbocycles. The minimum Gasteiger partial charge on any atom is -1.00 e. The van der Waals surface area contributed by atoms with E-state index in [2.05, 4.69) is 80.6 Å². The highest BCUT2D eigenvalue weighted by molar-refractivity contribution is 5.63. The number of hydrogen-bond donors (Lipinski definition) is 0. The van der Waals surface area contributed by atoms with Crippen molar-refractivity contribution in [3.63, 3.8) is 0 Å². The predicted molar refractivity (Wildman–Crippen MR) is 182 cm³/mol. The van der Waals surface area contributed by atoms with Crippen molar-refractivity contribution in [1.82, 2.24) is 4.90 Å². The number of rotatable bonds is 4. The van der Waals surface area contributed by atoms with Crippen molar-refractivity contribution in [3.05, 3.63) is 94.0 Å². The standard InChI is InChI=1S/C39H45N2O6.ClH/c1-40-16-14-27-22-36(44-6)38(45-7)39-37(27)30(40)18-25-10-13-32(42-4)34(20-25)46-28-11-8-24(9-12-28)19-31-29-23-35(47-39)33(43-5)21-26(29)15-17-41(31,2)3;/h8-13,20-23,30-31H,14-19H2,1-7H3;1H/q+1;/p-1/t30-,31-;/m0./s1. The van der Waals surface area contributed by atoms with Gasteiger partial charge in [0, 0.05) is 36.6 Å². The van der Waals surface area contributed by atoms with Crippen LogP contribution < -0.4 is 40.8 Å². The first-order valence-corrected chi connectivity index (χ1v) is 16.4. The fraction of sp³-hybridized carbons (Fsp3) is 0.385. The second-order valence-electron chi connectivity index (χ2n) is 13.5. The van der Waals surface area contributed by atoms with Crippen LogP contribution in [0.15, 0.2) is 60.7 Å². The molecule has 4 aliphatic heterocycles. The molecule has 4 aromatic rings. The molecule has 0 unspecified atom stereocenters. The zero-order valence-electron chi connectivity index (χ0n) is 28.9. The maximum atomic E-state index is 7.07. The number of ether oxygens (including phenoxy) is 6. The van der Waals surface area contributed by atoms with Crippen molar-refractivity contribution in [1.29, 1.82) is 0 Å². The van der Waals surface area contributed by atoms with Gasteiger partial charge in [-0.1, -0.05) is 18.2 Å². The first kappa shape index (κ1) is 33.8. The zero-order valence-corrected chi connectivity index (χ0v) is 29.6. The number of benzene rings is 4. The van der Waals surface area contributed by atoms with E-state index >= 15 is 0 Å². The Morgan fingerprint density at radius 3 is 2.10 bits per heavy atom. The van der Waals surface area contributed by atoms with E-state index in [1.54, 1.807) is 28.4 Å². The molecular formula is C39H45ClN2O6. The average Bonchev–Trinajstić information content (AvgIpc) is 3.07. The average molecular weight is 673 g/mol. The molecule has 4 heterocycles. The van der Waals surface area contributed by atoms with Crippen molar-refractivity contribution in [3.8, 4) is 46.0 Å². The highest BCUT2D eigenvalue weighted by atomic mass is 35.5. The van der Waals surface area contributed by atoms with Gasteiger partial charge in [-0.2, -0.15) is 0 Å². The third-order valence-corrected chi connectivity index (χ3v) is 10.4. The number of quaternary nitrogens is 1. The SMILES string of the molecule is COc1ccc2cc1Oc1ccc(cc1)C[C@H]1c3cc(c(OC)cc3CC[N+]1(C)C)Oc1c(OC)c(OC)cc3c1[C@H](C2)N(C)CC3.[Cl-]. The minimum atomic E-state index is -0.0000567. The third kappa shape index (κ3) is 6.02. The molecule has 0 saturated heterocycles. The van der Waals surface area contributed by atoms with Gasteiger partial charge in [0.05, 0.1) is 49.1 Å². The van der Waals surface area contributed by atoms with Gasteiger partial charge < -0.3 is 45.3 Å². The van der Waals surface area contributed by atoms with Gasteiger partial charge in [0.25, 0.3) is 0 Å². The van der Waals surface area contributed by atoms with Crippen molar-refractivity contribution in [2.45, 2.75) is 37.8 Å². The molecule has 0 spiro atoms. The maximum Gasteiger partial charge on any atom is 0.204 e. The van der Waals surface area contributed by atoms with Crippen LogP contribution in [0.25, 0.3) is 0 Å². The molecule has 4 aromatic carbocycles. The molecule has 2 atom stereocenters. The predicted octanol–water partition coefficient (Wildman–Crippen LogP) is 4.31. The number of likely N-dealkylation sites (N-methyl/N-ethyl adjacent to an activating group) is 2. The van der Waals surface area contributed by atoms with Crippen LogP contribution in [-0.2, 0) is 25.7 Å². The minimum absolute atomic E-state index is 0. The molecular weight excluding hydrogens is 628 g/mol. The summed E-state index contributed by atoms with van der Waals surface area (Å²) in [4.78, 5) is 2.39. The molecule has 0 fully saturated rings. The first-order chi connectivity index (χ1) is 22.7. The van der Waals surface area contributed by atoms with Gasteiger partial charge in [-0.15, -0.1) is 0 Å². The molecule has 8 rings (SSSR count). The summed E-state index contributed by atoms with van der Waals surface area (Å²) in [7, 11) is 13.6. The Balaban J connectivity index is 0.00000401. The van der Waals surface area contributed by atoms with Crippen molar-refractivity contribution >= 4 is 0 Å². The molecule has 48 heavy (non-hydrogen) atoms. The van der Waals surface area contributed by atoms with E-state index in [1.165, 1.54) is 22.3 Å². The third-order valence-electron chi connectivity index (χ3n) is 10.4. The summed E-state index contributed by atoms with van der Waals surface area (Å²) in [5, 5.41) is 0. The van der Waals surface area contributed by atoms with Crippen LogP contribution in [-0.4, -0.2) is 72.1 Å². The summed E-state index contributed by atoms with van der Waals surface area (Å²) < 4.78 is 38.1. The van der Waals surface area contributed by atoms with Crippen molar-refractivity contribution < 1.29 is 45.3 Å². The van der Waals surface area contributed by atoms with Gasteiger partial charge in [0.2, 0.25) is 5.75 Å².